The summed E-state index contributed by atoms with van der Waals surface area (Å²) >= 11 is 7.99. The van der Waals surface area contributed by atoms with E-state index in [-0.39, 0.29) is 0 Å². The molecule has 1 N–H and O–H groups in total. The maximum absolute atomic E-state index is 6.05. The van der Waals surface area contributed by atoms with E-state index >= 15 is 0 Å². The maximum Gasteiger partial charge on any atom is 0.0697 e. The van der Waals surface area contributed by atoms with Gasteiger partial charge in [0.05, 0.1) is 6.04 Å². The van der Waals surface area contributed by atoms with E-state index in [9.17, 15) is 0 Å². The van der Waals surface area contributed by atoms with Gasteiger partial charge in [0.2, 0.25) is 0 Å². The van der Waals surface area contributed by atoms with Crippen molar-refractivity contribution in [1.29, 1.82) is 0 Å². The van der Waals surface area contributed by atoms with Gasteiger partial charge in [-0.25, -0.2) is 0 Å². The van der Waals surface area contributed by atoms with Crippen LogP contribution < -0.4 is 5.32 Å². The number of aryl methyl sites for hydroxylation is 1. The summed E-state index contributed by atoms with van der Waals surface area (Å²) in [4.78, 5) is 5.47. The average Bonchev–Trinajstić information content (AvgIpc) is 2.99. The van der Waals surface area contributed by atoms with Gasteiger partial charge in [0.25, 0.3) is 0 Å². The molecule has 112 valence electrons. The SMILES string of the molecule is CCc1ccc(C(c2ccc(Cl)cc2)N2CCNCC2)s1. The highest BCUT2D eigenvalue weighted by Gasteiger charge is 2.25. The molecule has 0 bridgehead atoms. The van der Waals surface area contributed by atoms with Crippen LogP contribution in [-0.2, 0) is 6.42 Å². The lowest BCUT2D eigenvalue weighted by molar-refractivity contribution is 0.200. The molecule has 0 aliphatic carbocycles. The minimum atomic E-state index is 0.356. The van der Waals surface area contributed by atoms with Crippen molar-refractivity contribution >= 4 is 22.9 Å². The molecular weight excluding hydrogens is 300 g/mol. The first-order valence-electron chi connectivity index (χ1n) is 7.57. The van der Waals surface area contributed by atoms with E-state index in [0.717, 1.165) is 37.6 Å². The van der Waals surface area contributed by atoms with Gasteiger partial charge in [-0.3, -0.25) is 4.90 Å². The van der Waals surface area contributed by atoms with Crippen LogP contribution in [0.3, 0.4) is 0 Å². The van der Waals surface area contributed by atoms with Crippen molar-refractivity contribution < 1.29 is 0 Å². The Hall–Kier alpha value is -0.870. The number of hydrogen-bond acceptors (Lipinski definition) is 3. The summed E-state index contributed by atoms with van der Waals surface area (Å²) in [7, 11) is 0. The number of nitrogens with one attached hydrogen (secondary N) is 1. The fourth-order valence-electron chi connectivity index (χ4n) is 2.87. The van der Waals surface area contributed by atoms with Crippen LogP contribution in [0.4, 0.5) is 0 Å². The number of nitrogens with zero attached hydrogens (tertiary/aromatic N) is 1. The van der Waals surface area contributed by atoms with Crippen LogP contribution in [0.15, 0.2) is 36.4 Å². The Morgan fingerprint density at radius 1 is 1.14 bits per heavy atom. The predicted octanol–water partition coefficient (Wildman–Crippen LogP) is 3.96. The summed E-state index contributed by atoms with van der Waals surface area (Å²) in [5.74, 6) is 0. The second-order valence-electron chi connectivity index (χ2n) is 5.40. The van der Waals surface area contributed by atoms with Gasteiger partial charge in [-0.1, -0.05) is 30.7 Å². The number of benzene rings is 1. The largest absolute Gasteiger partial charge is 0.314 e. The lowest BCUT2D eigenvalue weighted by Gasteiger charge is -2.34. The van der Waals surface area contributed by atoms with E-state index in [1.807, 2.05) is 23.5 Å². The standard InChI is InChI=1S/C17H21ClN2S/c1-2-15-7-8-16(21-15)17(20-11-9-19-10-12-20)13-3-5-14(18)6-4-13/h3-8,17,19H,2,9-12H2,1H3. The highest BCUT2D eigenvalue weighted by Crippen LogP contribution is 2.34. The molecule has 0 saturated carbocycles. The van der Waals surface area contributed by atoms with Crippen LogP contribution >= 0.6 is 22.9 Å². The Morgan fingerprint density at radius 2 is 1.86 bits per heavy atom. The highest BCUT2D eigenvalue weighted by atomic mass is 35.5. The zero-order valence-electron chi connectivity index (χ0n) is 12.3. The quantitative estimate of drug-likeness (QED) is 0.917. The molecule has 1 aromatic heterocycles. The van der Waals surface area contributed by atoms with Crippen molar-refractivity contribution in [3.8, 4) is 0 Å². The normalized spacial score (nSPS) is 17.8. The van der Waals surface area contributed by atoms with E-state index in [1.54, 1.807) is 0 Å². The summed E-state index contributed by atoms with van der Waals surface area (Å²) in [6.07, 6.45) is 1.11. The molecule has 1 atom stereocenters. The third-order valence-corrected chi connectivity index (χ3v) is 5.54. The van der Waals surface area contributed by atoms with Crippen LogP contribution in [0.1, 0.15) is 28.3 Å². The Labute approximate surface area is 135 Å². The molecule has 1 aliphatic rings. The molecule has 4 heteroatoms. The van der Waals surface area contributed by atoms with Crippen LogP contribution in [0, 0.1) is 0 Å². The highest BCUT2D eigenvalue weighted by molar-refractivity contribution is 7.12. The molecule has 21 heavy (non-hydrogen) atoms. The average molecular weight is 321 g/mol. The fraction of sp³-hybridized carbons (Fsp3) is 0.412. The molecule has 1 aliphatic heterocycles. The van der Waals surface area contributed by atoms with Gasteiger partial charge in [0.1, 0.15) is 0 Å². The molecule has 0 spiro atoms. The Morgan fingerprint density at radius 3 is 2.48 bits per heavy atom. The first kappa shape index (κ1) is 15.0. The summed E-state index contributed by atoms with van der Waals surface area (Å²) < 4.78 is 0. The molecule has 1 aromatic carbocycles. The predicted molar refractivity (Wildman–Crippen MR) is 91.4 cm³/mol. The second-order valence-corrected chi connectivity index (χ2v) is 7.03. The maximum atomic E-state index is 6.05. The molecule has 1 unspecified atom stereocenters. The van der Waals surface area contributed by atoms with E-state index < -0.39 is 0 Å². The Bertz CT molecular complexity index is 573. The van der Waals surface area contributed by atoms with Gasteiger partial charge in [-0.05, 0) is 36.2 Å². The second kappa shape index (κ2) is 6.93. The third kappa shape index (κ3) is 3.49. The van der Waals surface area contributed by atoms with Crippen LogP contribution in [-0.4, -0.2) is 31.1 Å². The molecule has 0 amide bonds. The van der Waals surface area contributed by atoms with Gasteiger partial charge in [0.15, 0.2) is 0 Å². The molecule has 3 rings (SSSR count). The lowest BCUT2D eigenvalue weighted by atomic mass is 10.0. The smallest absolute Gasteiger partial charge is 0.0697 e. The molecule has 1 fully saturated rings. The van der Waals surface area contributed by atoms with Crippen molar-refractivity contribution in [2.24, 2.45) is 0 Å². The third-order valence-electron chi connectivity index (χ3n) is 4.00. The van der Waals surface area contributed by atoms with E-state index in [0.29, 0.717) is 6.04 Å². The molecule has 2 nitrogen and oxygen atoms in total. The van der Waals surface area contributed by atoms with E-state index in [2.05, 4.69) is 41.4 Å². The minimum absolute atomic E-state index is 0.356. The van der Waals surface area contributed by atoms with Crippen molar-refractivity contribution in [2.45, 2.75) is 19.4 Å². The summed E-state index contributed by atoms with van der Waals surface area (Å²) in [5.41, 5.74) is 1.34. The number of halogens is 1. The molecule has 2 heterocycles. The first-order chi connectivity index (χ1) is 10.3. The number of rotatable bonds is 4. The van der Waals surface area contributed by atoms with Crippen LogP contribution in [0.25, 0.3) is 0 Å². The monoisotopic (exact) mass is 320 g/mol. The van der Waals surface area contributed by atoms with E-state index in [1.165, 1.54) is 15.3 Å². The summed E-state index contributed by atoms with van der Waals surface area (Å²) in [5, 5.41) is 4.24. The van der Waals surface area contributed by atoms with Gasteiger partial charge < -0.3 is 5.32 Å². The lowest BCUT2D eigenvalue weighted by Crippen LogP contribution is -2.45. The topological polar surface area (TPSA) is 15.3 Å². The van der Waals surface area contributed by atoms with Crippen molar-refractivity contribution in [3.05, 3.63) is 56.7 Å². The Kier molecular flexibility index (Phi) is 4.96. The first-order valence-corrected chi connectivity index (χ1v) is 8.76. The van der Waals surface area contributed by atoms with Crippen molar-refractivity contribution in [1.82, 2.24) is 10.2 Å². The van der Waals surface area contributed by atoms with Gasteiger partial charge in [0, 0.05) is 41.0 Å². The molecule has 2 aromatic rings. The Balaban J connectivity index is 1.95. The van der Waals surface area contributed by atoms with E-state index in [4.69, 9.17) is 11.6 Å². The molecule has 1 saturated heterocycles. The summed E-state index contributed by atoms with van der Waals surface area (Å²) in [6, 6.07) is 13.3. The fourth-order valence-corrected chi connectivity index (χ4v) is 4.11. The number of thiophene rings is 1. The zero-order chi connectivity index (χ0) is 14.7. The molecular formula is C17H21ClN2S. The van der Waals surface area contributed by atoms with Gasteiger partial charge >= 0.3 is 0 Å². The van der Waals surface area contributed by atoms with Crippen molar-refractivity contribution in [2.75, 3.05) is 26.2 Å². The zero-order valence-corrected chi connectivity index (χ0v) is 13.9. The van der Waals surface area contributed by atoms with Crippen molar-refractivity contribution in [3.63, 3.8) is 0 Å². The summed E-state index contributed by atoms with van der Waals surface area (Å²) in [6.45, 7) is 6.53. The minimum Gasteiger partial charge on any atom is -0.314 e. The number of hydrogen-bond donors (Lipinski definition) is 1. The van der Waals surface area contributed by atoms with Gasteiger partial charge in [-0.15, -0.1) is 11.3 Å². The molecule has 0 radical (unpaired) electrons. The number of piperazine rings is 1. The van der Waals surface area contributed by atoms with Crippen LogP contribution in [0.2, 0.25) is 5.02 Å². The van der Waals surface area contributed by atoms with Gasteiger partial charge in [-0.2, -0.15) is 0 Å². The van der Waals surface area contributed by atoms with Crippen LogP contribution in [0.5, 0.6) is 0 Å².